The first-order valence-corrected chi connectivity index (χ1v) is 7.50. The van der Waals surface area contributed by atoms with Crippen molar-refractivity contribution in [3.8, 4) is 11.5 Å². The lowest BCUT2D eigenvalue weighted by molar-refractivity contribution is -0.125. The third kappa shape index (κ3) is 3.25. The summed E-state index contributed by atoms with van der Waals surface area (Å²) in [7, 11) is 0. The Balaban J connectivity index is 2.52. The van der Waals surface area contributed by atoms with E-state index in [9.17, 15) is 9.90 Å². The Morgan fingerprint density at radius 2 is 2.23 bits per heavy atom. The molecule has 120 valence electrons. The number of rotatable bonds is 6. The van der Waals surface area contributed by atoms with E-state index in [1.54, 1.807) is 24.0 Å². The molecular weight excluding hydrogens is 282 g/mol. The zero-order chi connectivity index (χ0) is 16.3. The monoisotopic (exact) mass is 305 g/mol. The van der Waals surface area contributed by atoms with E-state index in [0.29, 0.717) is 35.9 Å². The van der Waals surface area contributed by atoms with Crippen LogP contribution in [-0.2, 0) is 11.4 Å². The van der Waals surface area contributed by atoms with Crippen LogP contribution in [-0.4, -0.2) is 30.3 Å². The fourth-order valence-electron chi connectivity index (χ4n) is 2.37. The number of fused-ring (bicyclic) bond motifs is 1. The third-order valence-corrected chi connectivity index (χ3v) is 3.37. The number of anilines is 1. The van der Waals surface area contributed by atoms with Crippen molar-refractivity contribution >= 4 is 11.6 Å². The van der Waals surface area contributed by atoms with Gasteiger partial charge in [0.1, 0.15) is 0 Å². The number of carbonyl (C=O) groups excluding carboxylic acids is 1. The molecule has 2 rings (SSSR count). The molecule has 0 spiro atoms. The molecule has 1 amide bonds. The summed E-state index contributed by atoms with van der Waals surface area (Å²) in [5.74, 6) is 1.00. The summed E-state index contributed by atoms with van der Waals surface area (Å²) >= 11 is 0. The molecule has 1 aromatic carbocycles. The molecule has 0 bridgehead atoms. The fourth-order valence-corrected chi connectivity index (χ4v) is 2.37. The highest BCUT2D eigenvalue weighted by Crippen LogP contribution is 2.43. The summed E-state index contributed by atoms with van der Waals surface area (Å²) in [4.78, 5) is 14.0. The van der Waals surface area contributed by atoms with Crippen LogP contribution in [0.1, 0.15) is 32.8 Å². The molecule has 1 heterocycles. The number of aliphatic hydroxyl groups is 1. The molecule has 0 saturated carbocycles. The standard InChI is InChI=1S/C17H23NO4/c1-5-6-21-15-8-13(10-19)7-14-16(15)22-12(4)17(20)18(14)9-11(2)3/h7-8,12,19H,2,5-6,9-10H2,1,3-4H3. The summed E-state index contributed by atoms with van der Waals surface area (Å²) in [5.41, 5.74) is 2.19. The number of benzene rings is 1. The predicted octanol–water partition coefficient (Wildman–Crippen LogP) is 2.66. The van der Waals surface area contributed by atoms with Crippen LogP contribution < -0.4 is 14.4 Å². The second-order valence-corrected chi connectivity index (χ2v) is 5.59. The first-order valence-electron chi connectivity index (χ1n) is 7.50. The number of carbonyl (C=O) groups is 1. The Morgan fingerprint density at radius 1 is 1.50 bits per heavy atom. The Hall–Kier alpha value is -2.01. The normalized spacial score (nSPS) is 17.0. The van der Waals surface area contributed by atoms with Gasteiger partial charge in [-0.2, -0.15) is 0 Å². The summed E-state index contributed by atoms with van der Waals surface area (Å²) < 4.78 is 11.5. The molecule has 0 aromatic heterocycles. The van der Waals surface area contributed by atoms with E-state index >= 15 is 0 Å². The van der Waals surface area contributed by atoms with Crippen LogP contribution in [0.2, 0.25) is 0 Å². The summed E-state index contributed by atoms with van der Waals surface area (Å²) in [6, 6.07) is 3.52. The average Bonchev–Trinajstić information content (AvgIpc) is 2.49. The molecule has 0 saturated heterocycles. The molecule has 1 unspecified atom stereocenters. The summed E-state index contributed by atoms with van der Waals surface area (Å²) in [5, 5.41) is 9.46. The van der Waals surface area contributed by atoms with Gasteiger partial charge in [0.2, 0.25) is 0 Å². The van der Waals surface area contributed by atoms with E-state index in [0.717, 1.165) is 12.0 Å². The van der Waals surface area contributed by atoms with Gasteiger partial charge in [0, 0.05) is 6.54 Å². The van der Waals surface area contributed by atoms with Gasteiger partial charge < -0.3 is 19.5 Å². The number of aliphatic hydroxyl groups excluding tert-OH is 1. The van der Waals surface area contributed by atoms with Crippen LogP contribution in [0.5, 0.6) is 11.5 Å². The van der Waals surface area contributed by atoms with Crippen molar-refractivity contribution in [1.82, 2.24) is 0 Å². The van der Waals surface area contributed by atoms with Crippen molar-refractivity contribution in [2.24, 2.45) is 0 Å². The van der Waals surface area contributed by atoms with Gasteiger partial charge in [-0.15, -0.1) is 0 Å². The number of ether oxygens (including phenoxy) is 2. The Morgan fingerprint density at radius 3 is 2.82 bits per heavy atom. The zero-order valence-electron chi connectivity index (χ0n) is 13.4. The van der Waals surface area contributed by atoms with Crippen LogP contribution in [0.25, 0.3) is 0 Å². The number of hydrogen-bond acceptors (Lipinski definition) is 4. The smallest absolute Gasteiger partial charge is 0.268 e. The fraction of sp³-hybridized carbons (Fsp3) is 0.471. The molecule has 22 heavy (non-hydrogen) atoms. The highest BCUT2D eigenvalue weighted by molar-refractivity contribution is 6.01. The van der Waals surface area contributed by atoms with Crippen LogP contribution in [0.4, 0.5) is 5.69 Å². The lowest BCUT2D eigenvalue weighted by Crippen LogP contribution is -2.45. The van der Waals surface area contributed by atoms with E-state index in [2.05, 4.69) is 6.58 Å². The molecule has 1 aliphatic heterocycles. The van der Waals surface area contributed by atoms with E-state index < -0.39 is 6.10 Å². The molecule has 1 aliphatic rings. The molecule has 5 heteroatoms. The lowest BCUT2D eigenvalue weighted by atomic mass is 10.1. The Kier molecular flexibility index (Phi) is 5.08. The van der Waals surface area contributed by atoms with Gasteiger partial charge in [-0.05, 0) is 38.0 Å². The maximum Gasteiger partial charge on any atom is 0.268 e. The largest absolute Gasteiger partial charge is 0.490 e. The minimum absolute atomic E-state index is 0.118. The lowest BCUT2D eigenvalue weighted by Gasteiger charge is -2.34. The number of hydrogen-bond donors (Lipinski definition) is 1. The molecule has 1 atom stereocenters. The van der Waals surface area contributed by atoms with E-state index in [1.165, 1.54) is 0 Å². The van der Waals surface area contributed by atoms with Crippen molar-refractivity contribution in [2.75, 3.05) is 18.1 Å². The summed E-state index contributed by atoms with van der Waals surface area (Å²) in [6.07, 6.45) is 0.290. The molecule has 0 fully saturated rings. The Bertz CT molecular complexity index is 582. The van der Waals surface area contributed by atoms with E-state index in [4.69, 9.17) is 9.47 Å². The molecule has 5 nitrogen and oxygen atoms in total. The van der Waals surface area contributed by atoms with Gasteiger partial charge in [-0.1, -0.05) is 19.1 Å². The van der Waals surface area contributed by atoms with Crippen LogP contribution in [0, 0.1) is 0 Å². The van der Waals surface area contributed by atoms with Gasteiger partial charge >= 0.3 is 0 Å². The Labute approximate surface area is 131 Å². The van der Waals surface area contributed by atoms with Crippen molar-refractivity contribution < 1.29 is 19.4 Å². The molecule has 1 N–H and O–H groups in total. The van der Waals surface area contributed by atoms with Gasteiger partial charge in [-0.3, -0.25) is 4.79 Å². The summed E-state index contributed by atoms with van der Waals surface area (Å²) in [6.45, 7) is 10.3. The van der Waals surface area contributed by atoms with Gasteiger partial charge in [0.05, 0.1) is 18.9 Å². The first-order chi connectivity index (χ1) is 10.5. The van der Waals surface area contributed by atoms with E-state index in [-0.39, 0.29) is 12.5 Å². The quantitative estimate of drug-likeness (QED) is 0.821. The number of nitrogens with zero attached hydrogens (tertiary/aromatic N) is 1. The molecular formula is C17H23NO4. The topological polar surface area (TPSA) is 59.0 Å². The van der Waals surface area contributed by atoms with Gasteiger partial charge in [0.15, 0.2) is 17.6 Å². The van der Waals surface area contributed by atoms with Crippen molar-refractivity contribution in [3.63, 3.8) is 0 Å². The highest BCUT2D eigenvalue weighted by atomic mass is 16.5. The maximum absolute atomic E-state index is 12.4. The van der Waals surface area contributed by atoms with Crippen molar-refractivity contribution in [3.05, 3.63) is 29.8 Å². The zero-order valence-corrected chi connectivity index (χ0v) is 13.4. The molecule has 0 radical (unpaired) electrons. The van der Waals surface area contributed by atoms with Crippen LogP contribution in [0.3, 0.4) is 0 Å². The second-order valence-electron chi connectivity index (χ2n) is 5.59. The second kappa shape index (κ2) is 6.83. The third-order valence-electron chi connectivity index (χ3n) is 3.37. The van der Waals surface area contributed by atoms with Gasteiger partial charge in [0.25, 0.3) is 5.91 Å². The van der Waals surface area contributed by atoms with Gasteiger partial charge in [-0.25, -0.2) is 0 Å². The first kappa shape index (κ1) is 16.4. The van der Waals surface area contributed by atoms with E-state index in [1.807, 2.05) is 13.8 Å². The highest BCUT2D eigenvalue weighted by Gasteiger charge is 2.34. The van der Waals surface area contributed by atoms with Crippen LogP contribution >= 0.6 is 0 Å². The van der Waals surface area contributed by atoms with Crippen molar-refractivity contribution in [2.45, 2.75) is 39.9 Å². The van der Waals surface area contributed by atoms with Crippen molar-refractivity contribution in [1.29, 1.82) is 0 Å². The van der Waals surface area contributed by atoms with Crippen LogP contribution in [0.15, 0.2) is 24.3 Å². The average molecular weight is 305 g/mol. The molecule has 0 aliphatic carbocycles. The maximum atomic E-state index is 12.4. The number of amides is 1. The minimum atomic E-state index is -0.573. The SMILES string of the molecule is C=C(C)CN1C(=O)C(C)Oc2c(OCCC)cc(CO)cc21. The minimum Gasteiger partial charge on any atom is -0.490 e. The molecule has 1 aromatic rings. The predicted molar refractivity (Wildman–Crippen MR) is 85.4 cm³/mol.